The first kappa shape index (κ1) is 13.7. The van der Waals surface area contributed by atoms with Gasteiger partial charge in [0.1, 0.15) is 11.6 Å². The van der Waals surface area contributed by atoms with Crippen LogP contribution in [0.1, 0.15) is 33.9 Å². The second-order valence-corrected chi connectivity index (χ2v) is 4.94. The third-order valence-electron chi connectivity index (χ3n) is 3.50. The summed E-state index contributed by atoms with van der Waals surface area (Å²) < 4.78 is 27.1. The first-order valence-electron chi connectivity index (χ1n) is 6.18. The SMILES string of the molecule is Cc1ccc(C(N)c2cc(C)c(F)cc2F)cc1C. The van der Waals surface area contributed by atoms with Crippen molar-refractivity contribution in [2.45, 2.75) is 26.8 Å². The first-order valence-corrected chi connectivity index (χ1v) is 6.18. The third-order valence-corrected chi connectivity index (χ3v) is 3.50. The van der Waals surface area contributed by atoms with Crippen molar-refractivity contribution < 1.29 is 8.78 Å². The minimum atomic E-state index is -0.603. The molecule has 0 saturated carbocycles. The molecule has 0 aromatic heterocycles. The van der Waals surface area contributed by atoms with Gasteiger partial charge in [0.2, 0.25) is 0 Å². The van der Waals surface area contributed by atoms with Crippen LogP contribution in [0.5, 0.6) is 0 Å². The number of nitrogens with two attached hydrogens (primary N) is 1. The summed E-state index contributed by atoms with van der Waals surface area (Å²) in [5.74, 6) is -1.15. The quantitative estimate of drug-likeness (QED) is 0.870. The van der Waals surface area contributed by atoms with Crippen molar-refractivity contribution in [1.29, 1.82) is 0 Å². The van der Waals surface area contributed by atoms with Crippen LogP contribution in [0.2, 0.25) is 0 Å². The average Bonchev–Trinajstić information content (AvgIpc) is 2.36. The molecule has 0 spiro atoms. The molecule has 0 amide bonds. The van der Waals surface area contributed by atoms with Crippen LogP contribution in [0.15, 0.2) is 30.3 Å². The van der Waals surface area contributed by atoms with Gasteiger partial charge >= 0.3 is 0 Å². The Labute approximate surface area is 112 Å². The highest BCUT2D eigenvalue weighted by molar-refractivity contribution is 5.38. The fraction of sp³-hybridized carbons (Fsp3) is 0.250. The molecule has 3 heteroatoms. The predicted octanol–water partition coefficient (Wildman–Crippen LogP) is 3.94. The molecule has 0 saturated heterocycles. The Balaban J connectivity index is 2.46. The average molecular weight is 261 g/mol. The maximum atomic E-state index is 13.8. The van der Waals surface area contributed by atoms with Crippen molar-refractivity contribution >= 4 is 0 Å². The Kier molecular flexibility index (Phi) is 3.67. The van der Waals surface area contributed by atoms with Crippen LogP contribution in [0.4, 0.5) is 8.78 Å². The van der Waals surface area contributed by atoms with Crippen molar-refractivity contribution in [2.24, 2.45) is 5.73 Å². The number of hydrogen-bond acceptors (Lipinski definition) is 1. The maximum absolute atomic E-state index is 13.8. The lowest BCUT2D eigenvalue weighted by molar-refractivity contribution is 0.561. The van der Waals surface area contributed by atoms with Crippen molar-refractivity contribution in [3.05, 3.63) is 69.8 Å². The van der Waals surface area contributed by atoms with E-state index in [1.165, 1.54) is 6.07 Å². The summed E-state index contributed by atoms with van der Waals surface area (Å²) >= 11 is 0. The van der Waals surface area contributed by atoms with Crippen LogP contribution >= 0.6 is 0 Å². The summed E-state index contributed by atoms with van der Waals surface area (Å²) in [6, 6.07) is 7.57. The summed E-state index contributed by atoms with van der Waals surface area (Å²) in [6.07, 6.45) is 0. The molecule has 0 heterocycles. The lowest BCUT2D eigenvalue weighted by atomic mass is 9.95. The van der Waals surface area contributed by atoms with Crippen LogP contribution in [0, 0.1) is 32.4 Å². The van der Waals surface area contributed by atoms with Gasteiger partial charge in [-0.1, -0.05) is 18.2 Å². The predicted molar refractivity (Wildman–Crippen MR) is 73.0 cm³/mol. The van der Waals surface area contributed by atoms with Crippen molar-refractivity contribution in [3.63, 3.8) is 0 Å². The zero-order valence-electron chi connectivity index (χ0n) is 11.3. The highest BCUT2D eigenvalue weighted by Gasteiger charge is 2.16. The van der Waals surface area contributed by atoms with Crippen molar-refractivity contribution in [1.82, 2.24) is 0 Å². The van der Waals surface area contributed by atoms with Gasteiger partial charge in [0.25, 0.3) is 0 Å². The van der Waals surface area contributed by atoms with E-state index in [9.17, 15) is 8.78 Å². The van der Waals surface area contributed by atoms with Gasteiger partial charge in [-0.3, -0.25) is 0 Å². The zero-order chi connectivity index (χ0) is 14.2. The maximum Gasteiger partial charge on any atom is 0.131 e. The number of hydrogen-bond donors (Lipinski definition) is 1. The number of rotatable bonds is 2. The molecule has 0 bridgehead atoms. The first-order chi connectivity index (χ1) is 8.90. The van der Waals surface area contributed by atoms with Crippen LogP contribution in [-0.4, -0.2) is 0 Å². The Morgan fingerprint density at radius 2 is 1.53 bits per heavy atom. The fourth-order valence-corrected chi connectivity index (χ4v) is 2.06. The second kappa shape index (κ2) is 5.10. The summed E-state index contributed by atoms with van der Waals surface area (Å²) in [4.78, 5) is 0. The summed E-state index contributed by atoms with van der Waals surface area (Å²) in [6.45, 7) is 5.59. The molecule has 0 radical (unpaired) electrons. The van der Waals surface area contributed by atoms with E-state index in [1.807, 2.05) is 32.0 Å². The number of halogens is 2. The minimum Gasteiger partial charge on any atom is -0.320 e. The van der Waals surface area contributed by atoms with Gasteiger partial charge in [-0.05, 0) is 49.1 Å². The summed E-state index contributed by atoms with van der Waals surface area (Å²) in [5.41, 5.74) is 9.90. The molecule has 19 heavy (non-hydrogen) atoms. The molecule has 2 aromatic carbocycles. The van der Waals surface area contributed by atoms with E-state index in [2.05, 4.69) is 0 Å². The zero-order valence-corrected chi connectivity index (χ0v) is 11.3. The van der Waals surface area contributed by atoms with Gasteiger partial charge in [-0.2, -0.15) is 0 Å². The molecule has 2 N–H and O–H groups in total. The molecule has 0 aliphatic carbocycles. The van der Waals surface area contributed by atoms with Crippen LogP contribution in [-0.2, 0) is 0 Å². The van der Waals surface area contributed by atoms with Crippen LogP contribution in [0.25, 0.3) is 0 Å². The van der Waals surface area contributed by atoms with Gasteiger partial charge in [-0.15, -0.1) is 0 Å². The lowest BCUT2D eigenvalue weighted by Gasteiger charge is -2.16. The molecule has 0 aliphatic heterocycles. The van der Waals surface area contributed by atoms with Crippen LogP contribution < -0.4 is 5.73 Å². The molecule has 1 unspecified atom stereocenters. The molecule has 1 nitrogen and oxygen atoms in total. The van der Waals surface area contributed by atoms with E-state index in [1.54, 1.807) is 6.92 Å². The molecular formula is C16H17F2N. The highest BCUT2D eigenvalue weighted by atomic mass is 19.1. The van der Waals surface area contributed by atoms with Gasteiger partial charge in [0, 0.05) is 11.6 Å². The van der Waals surface area contributed by atoms with Crippen molar-refractivity contribution in [3.8, 4) is 0 Å². The minimum absolute atomic E-state index is 0.321. The molecule has 2 aromatic rings. The molecule has 0 fully saturated rings. The Bertz CT molecular complexity index is 620. The fourth-order valence-electron chi connectivity index (χ4n) is 2.06. The molecule has 2 rings (SSSR count). The molecular weight excluding hydrogens is 244 g/mol. The van der Waals surface area contributed by atoms with E-state index in [0.717, 1.165) is 22.8 Å². The highest BCUT2D eigenvalue weighted by Crippen LogP contribution is 2.25. The number of aryl methyl sites for hydroxylation is 3. The van der Waals surface area contributed by atoms with E-state index < -0.39 is 17.7 Å². The topological polar surface area (TPSA) is 26.0 Å². The van der Waals surface area contributed by atoms with Gasteiger partial charge in [-0.25, -0.2) is 8.78 Å². The summed E-state index contributed by atoms with van der Waals surface area (Å²) in [7, 11) is 0. The van der Waals surface area contributed by atoms with Crippen molar-refractivity contribution in [2.75, 3.05) is 0 Å². The van der Waals surface area contributed by atoms with Gasteiger partial charge < -0.3 is 5.73 Å². The molecule has 0 aliphatic rings. The Morgan fingerprint density at radius 1 is 0.842 bits per heavy atom. The number of benzene rings is 2. The summed E-state index contributed by atoms with van der Waals surface area (Å²) in [5, 5.41) is 0. The Hall–Kier alpha value is -1.74. The largest absolute Gasteiger partial charge is 0.320 e. The standard InChI is InChI=1S/C16H17F2N/c1-9-4-5-12(6-10(9)2)16(19)13-7-11(3)14(17)8-15(13)18/h4-8,16H,19H2,1-3H3. The van der Waals surface area contributed by atoms with E-state index in [4.69, 9.17) is 5.73 Å². The molecule has 1 atom stereocenters. The van der Waals surface area contributed by atoms with Gasteiger partial charge in [0.05, 0.1) is 6.04 Å². The van der Waals surface area contributed by atoms with Crippen LogP contribution in [0.3, 0.4) is 0 Å². The van der Waals surface area contributed by atoms with E-state index >= 15 is 0 Å². The third kappa shape index (κ3) is 2.66. The second-order valence-electron chi connectivity index (χ2n) is 4.94. The van der Waals surface area contributed by atoms with E-state index in [-0.39, 0.29) is 0 Å². The monoisotopic (exact) mass is 261 g/mol. The smallest absolute Gasteiger partial charge is 0.131 e. The Morgan fingerprint density at radius 3 is 2.16 bits per heavy atom. The lowest BCUT2D eigenvalue weighted by Crippen LogP contribution is -2.14. The van der Waals surface area contributed by atoms with E-state index in [0.29, 0.717) is 11.1 Å². The normalized spacial score (nSPS) is 12.5. The van der Waals surface area contributed by atoms with Gasteiger partial charge in [0.15, 0.2) is 0 Å². The molecule has 100 valence electrons.